The Hall–Kier alpha value is -1.21. The van der Waals surface area contributed by atoms with E-state index in [9.17, 15) is 4.79 Å². The molecule has 1 aromatic rings. The normalized spacial score (nSPS) is 11.2. The molecule has 0 aromatic heterocycles. The molecule has 0 bridgehead atoms. The third-order valence-corrected chi connectivity index (χ3v) is 5.03. The summed E-state index contributed by atoms with van der Waals surface area (Å²) in [6.45, 7) is 0. The quantitative estimate of drug-likeness (QED) is 0.537. The largest absolute Gasteiger partial charge is 0.521 e. The van der Waals surface area contributed by atoms with Gasteiger partial charge in [0.05, 0.1) is 6.17 Å². The van der Waals surface area contributed by atoms with Crippen LogP contribution in [0.2, 0.25) is 0 Å². The summed E-state index contributed by atoms with van der Waals surface area (Å²) in [6.07, 6.45) is 2.08. The maximum atomic E-state index is 11.0. The predicted octanol–water partition coefficient (Wildman–Crippen LogP) is 0.977. The Morgan fingerprint density at radius 1 is 1.12 bits per heavy atom. The van der Waals surface area contributed by atoms with E-state index in [0.717, 1.165) is 5.69 Å². The van der Waals surface area contributed by atoms with E-state index in [-0.39, 0.29) is 6.17 Å². The molecule has 5 nitrogen and oxygen atoms in total. The molecule has 0 aliphatic rings. The van der Waals surface area contributed by atoms with Gasteiger partial charge in [-0.2, -0.15) is 0 Å². The first-order valence-electron chi connectivity index (χ1n) is 5.07. The first-order chi connectivity index (χ1) is 8.21. The highest BCUT2D eigenvalue weighted by Crippen LogP contribution is 2.15. The fourth-order valence-corrected chi connectivity index (χ4v) is 2.94. The second-order valence-electron chi connectivity index (χ2n) is 3.31. The molecule has 0 spiro atoms. The Bertz CT molecular complexity index is 334. The van der Waals surface area contributed by atoms with Gasteiger partial charge in [-0.05, 0) is 12.1 Å². The minimum Gasteiger partial charge on any atom is -0.376 e. The number of nitrogens with zero attached hydrogens (tertiary/aromatic N) is 1. The molecule has 0 aliphatic carbocycles. The topological polar surface area (TPSA) is 48.0 Å². The average molecular weight is 254 g/mol. The third kappa shape index (κ3) is 3.37. The van der Waals surface area contributed by atoms with Crippen LogP contribution in [0.5, 0.6) is 0 Å². The van der Waals surface area contributed by atoms with Crippen LogP contribution in [0.3, 0.4) is 0 Å². The fourth-order valence-electron chi connectivity index (χ4n) is 1.42. The van der Waals surface area contributed by atoms with Crippen LogP contribution in [0.1, 0.15) is 0 Å². The van der Waals surface area contributed by atoms with E-state index < -0.39 is 8.80 Å². The van der Waals surface area contributed by atoms with Crippen LogP contribution in [-0.2, 0) is 18.1 Å². The highest BCUT2D eigenvalue weighted by molar-refractivity contribution is 6.61. The lowest BCUT2D eigenvalue weighted by Gasteiger charge is -2.28. The lowest BCUT2D eigenvalue weighted by atomic mass is 10.3. The molecule has 0 saturated carbocycles. The molecule has 1 radical (unpaired) electrons. The van der Waals surface area contributed by atoms with E-state index in [1.807, 2.05) is 36.7 Å². The molecule has 6 heteroatoms. The van der Waals surface area contributed by atoms with Gasteiger partial charge in [0.2, 0.25) is 0 Å². The number of hydrogen-bond donors (Lipinski definition) is 0. The standard InChI is InChI=1S/C11H16NO4Si/c1-14-17(15-2,16-3)10-12(9-13)11-7-5-4-6-8-11/h4-8H,10H2,1-3H3. The van der Waals surface area contributed by atoms with Crippen molar-refractivity contribution in [3.8, 4) is 0 Å². The zero-order chi connectivity index (χ0) is 12.7. The third-order valence-electron chi connectivity index (χ3n) is 2.46. The summed E-state index contributed by atoms with van der Waals surface area (Å²) in [5.41, 5.74) is 0.727. The number of para-hydroxylation sites is 1. The number of amides is 1. The molecule has 0 N–H and O–H groups in total. The Balaban J connectivity index is 2.86. The summed E-state index contributed by atoms with van der Waals surface area (Å²) in [5, 5.41) is 0. The highest BCUT2D eigenvalue weighted by atomic mass is 28.4. The van der Waals surface area contributed by atoms with Crippen LogP contribution in [0, 0.1) is 0 Å². The van der Waals surface area contributed by atoms with Gasteiger partial charge in [0.15, 0.2) is 0 Å². The maximum Gasteiger partial charge on any atom is 0.521 e. The number of anilines is 1. The summed E-state index contributed by atoms with van der Waals surface area (Å²) in [7, 11) is 1.70. The van der Waals surface area contributed by atoms with E-state index >= 15 is 0 Å². The van der Waals surface area contributed by atoms with Gasteiger partial charge in [0, 0.05) is 27.0 Å². The molecule has 93 valence electrons. The van der Waals surface area contributed by atoms with Crippen molar-refractivity contribution >= 4 is 20.9 Å². The van der Waals surface area contributed by atoms with Gasteiger partial charge < -0.3 is 13.3 Å². The number of rotatable bonds is 7. The van der Waals surface area contributed by atoms with Crippen LogP contribution in [0.15, 0.2) is 30.3 Å². The molecular formula is C11H16NO4Si. The van der Waals surface area contributed by atoms with Gasteiger partial charge in [-0.1, -0.05) is 18.2 Å². The van der Waals surface area contributed by atoms with Crippen LogP contribution >= 0.6 is 0 Å². The number of hydrogen-bond acceptors (Lipinski definition) is 4. The minimum atomic E-state index is -2.82. The van der Waals surface area contributed by atoms with Crippen molar-refractivity contribution in [2.24, 2.45) is 0 Å². The predicted molar refractivity (Wildman–Crippen MR) is 66.3 cm³/mol. The molecule has 0 atom stereocenters. The fraction of sp³-hybridized carbons (Fsp3) is 0.364. The first kappa shape index (κ1) is 13.9. The second-order valence-corrected chi connectivity index (χ2v) is 6.22. The molecule has 1 amide bonds. The number of carbonyl (C=O) groups excluding carboxylic acids is 1. The van der Waals surface area contributed by atoms with Gasteiger partial charge in [-0.25, -0.2) is 0 Å². The molecule has 0 unspecified atom stereocenters. The van der Waals surface area contributed by atoms with Crippen molar-refractivity contribution in [2.75, 3.05) is 32.4 Å². The van der Waals surface area contributed by atoms with E-state index in [2.05, 4.69) is 0 Å². The highest BCUT2D eigenvalue weighted by Gasteiger charge is 2.40. The second kappa shape index (κ2) is 6.50. The van der Waals surface area contributed by atoms with Crippen LogP contribution in [-0.4, -0.2) is 42.7 Å². The summed E-state index contributed by atoms with van der Waals surface area (Å²) >= 11 is 0. The van der Waals surface area contributed by atoms with Gasteiger partial charge in [-0.3, -0.25) is 9.69 Å². The van der Waals surface area contributed by atoms with E-state index in [1.165, 1.54) is 26.2 Å². The molecule has 1 rings (SSSR count). The Kier molecular flexibility index (Phi) is 5.30. The smallest absolute Gasteiger partial charge is 0.376 e. The molecular weight excluding hydrogens is 238 g/mol. The zero-order valence-corrected chi connectivity index (χ0v) is 11.2. The SMILES string of the molecule is CO[Si](CN([C]=O)c1ccccc1)(OC)OC. The lowest BCUT2D eigenvalue weighted by molar-refractivity contribution is 0.125. The monoisotopic (exact) mass is 254 g/mol. The molecule has 17 heavy (non-hydrogen) atoms. The van der Waals surface area contributed by atoms with Crippen LogP contribution in [0.4, 0.5) is 5.69 Å². The van der Waals surface area contributed by atoms with Crippen molar-refractivity contribution < 1.29 is 18.1 Å². The summed E-state index contributed by atoms with van der Waals surface area (Å²) < 4.78 is 15.8. The summed E-state index contributed by atoms with van der Waals surface area (Å²) in [4.78, 5) is 12.4. The van der Waals surface area contributed by atoms with E-state index in [1.54, 1.807) is 0 Å². The van der Waals surface area contributed by atoms with Crippen LogP contribution < -0.4 is 4.90 Å². The van der Waals surface area contributed by atoms with Gasteiger partial charge in [0.25, 0.3) is 0 Å². The van der Waals surface area contributed by atoms with Gasteiger partial charge in [0.1, 0.15) is 0 Å². The summed E-state index contributed by atoms with van der Waals surface area (Å²) in [5.74, 6) is 0. The van der Waals surface area contributed by atoms with Crippen molar-refractivity contribution in [3.05, 3.63) is 30.3 Å². The van der Waals surface area contributed by atoms with Gasteiger partial charge in [-0.15, -0.1) is 0 Å². The minimum absolute atomic E-state index is 0.226. The Morgan fingerprint density at radius 2 is 1.65 bits per heavy atom. The van der Waals surface area contributed by atoms with Crippen molar-refractivity contribution in [2.45, 2.75) is 0 Å². The molecule has 0 saturated heterocycles. The molecule has 0 aliphatic heterocycles. The van der Waals surface area contributed by atoms with Gasteiger partial charge >= 0.3 is 15.2 Å². The van der Waals surface area contributed by atoms with Crippen molar-refractivity contribution in [1.29, 1.82) is 0 Å². The average Bonchev–Trinajstić information content (AvgIpc) is 2.42. The van der Waals surface area contributed by atoms with Crippen LogP contribution in [0.25, 0.3) is 0 Å². The lowest BCUT2D eigenvalue weighted by Crippen LogP contribution is -2.53. The van der Waals surface area contributed by atoms with E-state index in [4.69, 9.17) is 13.3 Å². The maximum absolute atomic E-state index is 11.0. The van der Waals surface area contributed by atoms with E-state index in [0.29, 0.717) is 0 Å². The molecule has 0 fully saturated rings. The van der Waals surface area contributed by atoms with Crippen molar-refractivity contribution in [3.63, 3.8) is 0 Å². The summed E-state index contributed by atoms with van der Waals surface area (Å²) in [6, 6.07) is 9.18. The van der Waals surface area contributed by atoms with Crippen molar-refractivity contribution in [1.82, 2.24) is 0 Å². The molecule has 1 aromatic carbocycles. The Labute approximate surface area is 102 Å². The molecule has 0 heterocycles. The zero-order valence-electron chi connectivity index (χ0n) is 10.2. The first-order valence-corrected chi connectivity index (χ1v) is 7.00. The Morgan fingerprint density at radius 3 is 2.06 bits per heavy atom. The number of benzene rings is 1.